The molecule has 2 N–H and O–H groups in total. The number of aliphatic hydroxyl groups is 1. The molecule has 0 saturated heterocycles. The molecule has 2 nitrogen and oxygen atoms in total. The van der Waals surface area contributed by atoms with E-state index in [1.165, 1.54) is 25.7 Å². The molecule has 1 rings (SSSR count). The molecule has 4 atom stereocenters. The van der Waals surface area contributed by atoms with E-state index in [0.717, 1.165) is 18.3 Å². The van der Waals surface area contributed by atoms with Gasteiger partial charge in [-0.3, -0.25) is 0 Å². The molecule has 0 aromatic rings. The normalized spacial score (nSPS) is 34.0. The molecule has 90 valence electrons. The van der Waals surface area contributed by atoms with Crippen LogP contribution in [0.4, 0.5) is 0 Å². The molecule has 0 spiro atoms. The monoisotopic (exact) mass is 213 g/mol. The lowest BCUT2D eigenvalue weighted by Gasteiger charge is -2.36. The Labute approximate surface area is 94.5 Å². The van der Waals surface area contributed by atoms with Crippen LogP contribution in [-0.2, 0) is 0 Å². The van der Waals surface area contributed by atoms with E-state index < -0.39 is 0 Å². The second kappa shape index (κ2) is 6.49. The molecule has 0 bridgehead atoms. The molecule has 15 heavy (non-hydrogen) atoms. The van der Waals surface area contributed by atoms with E-state index in [-0.39, 0.29) is 0 Å². The first kappa shape index (κ1) is 13.0. The first-order valence-corrected chi connectivity index (χ1v) is 6.54. The lowest BCUT2D eigenvalue weighted by atomic mass is 9.77. The van der Waals surface area contributed by atoms with Crippen LogP contribution in [0, 0.1) is 11.8 Å². The number of hydrogen-bond acceptors (Lipinski definition) is 2. The molecule has 0 aromatic heterocycles. The Bertz CT molecular complexity index is 172. The average Bonchev–Trinajstić information content (AvgIpc) is 2.21. The van der Waals surface area contributed by atoms with Crippen molar-refractivity contribution in [1.82, 2.24) is 5.32 Å². The summed E-state index contributed by atoms with van der Waals surface area (Å²) >= 11 is 0. The second-order valence-corrected chi connectivity index (χ2v) is 5.27. The summed E-state index contributed by atoms with van der Waals surface area (Å²) in [6.07, 6.45) is 6.21. The van der Waals surface area contributed by atoms with Gasteiger partial charge in [0.1, 0.15) is 0 Å². The van der Waals surface area contributed by atoms with Gasteiger partial charge in [0.2, 0.25) is 0 Å². The van der Waals surface area contributed by atoms with Gasteiger partial charge in [-0.1, -0.05) is 20.3 Å². The lowest BCUT2D eigenvalue weighted by Crippen LogP contribution is -2.44. The summed E-state index contributed by atoms with van der Waals surface area (Å²) in [5.41, 5.74) is 0. The van der Waals surface area contributed by atoms with Gasteiger partial charge >= 0.3 is 0 Å². The minimum atomic E-state index is 0.300. The predicted octanol–water partition coefficient (Wildman–Crippen LogP) is 2.56. The number of hydrogen-bond donors (Lipinski definition) is 2. The molecule has 4 unspecified atom stereocenters. The van der Waals surface area contributed by atoms with Crippen molar-refractivity contribution in [3.63, 3.8) is 0 Å². The summed E-state index contributed by atoms with van der Waals surface area (Å²) < 4.78 is 0. The van der Waals surface area contributed by atoms with E-state index in [2.05, 4.69) is 26.1 Å². The van der Waals surface area contributed by atoms with Crippen LogP contribution in [0.25, 0.3) is 0 Å². The molecular weight excluding hydrogens is 186 g/mol. The van der Waals surface area contributed by atoms with Crippen molar-refractivity contribution in [3.8, 4) is 0 Å². The Hall–Kier alpha value is -0.0800. The Morgan fingerprint density at radius 3 is 2.73 bits per heavy atom. The Morgan fingerprint density at radius 2 is 2.13 bits per heavy atom. The number of nitrogens with one attached hydrogen (secondary N) is 1. The summed E-state index contributed by atoms with van der Waals surface area (Å²) in [7, 11) is 0. The van der Waals surface area contributed by atoms with Gasteiger partial charge in [0.15, 0.2) is 0 Å². The first-order chi connectivity index (χ1) is 7.17. The molecule has 1 aliphatic rings. The zero-order valence-corrected chi connectivity index (χ0v) is 10.5. The third kappa shape index (κ3) is 4.12. The van der Waals surface area contributed by atoms with E-state index in [9.17, 15) is 0 Å². The summed E-state index contributed by atoms with van der Waals surface area (Å²) in [5, 5.41) is 12.6. The fourth-order valence-electron chi connectivity index (χ4n) is 2.81. The minimum absolute atomic E-state index is 0.300. The quantitative estimate of drug-likeness (QED) is 0.735. The van der Waals surface area contributed by atoms with Crippen molar-refractivity contribution in [2.75, 3.05) is 6.61 Å². The Kier molecular flexibility index (Phi) is 5.62. The van der Waals surface area contributed by atoms with Crippen LogP contribution in [-0.4, -0.2) is 23.8 Å². The van der Waals surface area contributed by atoms with Crippen LogP contribution in [0.2, 0.25) is 0 Å². The lowest BCUT2D eigenvalue weighted by molar-refractivity contribution is 0.185. The van der Waals surface area contributed by atoms with Crippen molar-refractivity contribution in [1.29, 1.82) is 0 Å². The van der Waals surface area contributed by atoms with Gasteiger partial charge in [-0.15, -0.1) is 0 Å². The van der Waals surface area contributed by atoms with Crippen LogP contribution in [0.5, 0.6) is 0 Å². The van der Waals surface area contributed by atoms with Gasteiger partial charge in [0, 0.05) is 18.7 Å². The molecule has 1 aliphatic carbocycles. The number of rotatable bonds is 5. The van der Waals surface area contributed by atoms with Gasteiger partial charge in [0.05, 0.1) is 0 Å². The third-order valence-corrected chi connectivity index (χ3v) is 3.83. The summed E-state index contributed by atoms with van der Waals surface area (Å²) in [4.78, 5) is 0. The summed E-state index contributed by atoms with van der Waals surface area (Å²) in [6.45, 7) is 7.15. The highest BCUT2D eigenvalue weighted by Gasteiger charge is 2.27. The maximum Gasteiger partial charge on any atom is 0.0445 e. The van der Waals surface area contributed by atoms with Crippen LogP contribution < -0.4 is 5.32 Å². The van der Waals surface area contributed by atoms with Crippen LogP contribution in [0.1, 0.15) is 52.9 Å². The Balaban J connectivity index is 2.38. The zero-order valence-electron chi connectivity index (χ0n) is 10.5. The van der Waals surface area contributed by atoms with Gasteiger partial charge in [-0.2, -0.15) is 0 Å². The molecule has 0 amide bonds. The van der Waals surface area contributed by atoms with E-state index in [0.29, 0.717) is 18.7 Å². The van der Waals surface area contributed by atoms with E-state index >= 15 is 0 Å². The largest absolute Gasteiger partial charge is 0.396 e. The molecule has 0 heterocycles. The Morgan fingerprint density at radius 1 is 1.40 bits per heavy atom. The summed E-state index contributed by atoms with van der Waals surface area (Å²) in [5.74, 6) is 1.75. The SMILES string of the molecule is CCC1CC(C)CCC1NC(C)CCO. The van der Waals surface area contributed by atoms with E-state index in [4.69, 9.17) is 5.11 Å². The highest BCUT2D eigenvalue weighted by atomic mass is 16.3. The second-order valence-electron chi connectivity index (χ2n) is 5.27. The van der Waals surface area contributed by atoms with Crippen molar-refractivity contribution in [2.45, 2.75) is 65.0 Å². The maximum atomic E-state index is 8.89. The molecule has 1 fully saturated rings. The fraction of sp³-hybridized carbons (Fsp3) is 1.00. The topological polar surface area (TPSA) is 32.3 Å². The molecule has 0 aliphatic heterocycles. The number of aliphatic hydroxyl groups excluding tert-OH is 1. The van der Waals surface area contributed by atoms with Gasteiger partial charge in [-0.25, -0.2) is 0 Å². The maximum absolute atomic E-state index is 8.89. The van der Waals surface area contributed by atoms with Crippen LogP contribution >= 0.6 is 0 Å². The van der Waals surface area contributed by atoms with Gasteiger partial charge in [0.25, 0.3) is 0 Å². The zero-order chi connectivity index (χ0) is 11.3. The molecular formula is C13H27NO. The van der Waals surface area contributed by atoms with Crippen molar-refractivity contribution >= 4 is 0 Å². The van der Waals surface area contributed by atoms with Crippen molar-refractivity contribution < 1.29 is 5.11 Å². The molecule has 2 heteroatoms. The van der Waals surface area contributed by atoms with Crippen LogP contribution in [0.15, 0.2) is 0 Å². The highest BCUT2D eigenvalue weighted by Crippen LogP contribution is 2.31. The fourth-order valence-corrected chi connectivity index (χ4v) is 2.81. The van der Waals surface area contributed by atoms with Crippen LogP contribution in [0.3, 0.4) is 0 Å². The standard InChI is InChI=1S/C13H27NO/c1-4-12-9-10(2)5-6-13(12)14-11(3)7-8-15/h10-15H,4-9H2,1-3H3. The van der Waals surface area contributed by atoms with Gasteiger partial charge in [-0.05, 0) is 44.4 Å². The third-order valence-electron chi connectivity index (χ3n) is 3.83. The minimum Gasteiger partial charge on any atom is -0.396 e. The molecule has 0 aromatic carbocycles. The van der Waals surface area contributed by atoms with Gasteiger partial charge < -0.3 is 10.4 Å². The molecule has 0 radical (unpaired) electrons. The first-order valence-electron chi connectivity index (χ1n) is 6.54. The summed E-state index contributed by atoms with van der Waals surface area (Å²) in [6, 6.07) is 1.15. The van der Waals surface area contributed by atoms with E-state index in [1.54, 1.807) is 0 Å². The van der Waals surface area contributed by atoms with Crippen molar-refractivity contribution in [2.24, 2.45) is 11.8 Å². The van der Waals surface area contributed by atoms with E-state index in [1.807, 2.05) is 0 Å². The smallest absolute Gasteiger partial charge is 0.0445 e. The average molecular weight is 213 g/mol. The molecule has 1 saturated carbocycles. The van der Waals surface area contributed by atoms with Crippen molar-refractivity contribution in [3.05, 3.63) is 0 Å². The predicted molar refractivity (Wildman–Crippen MR) is 64.9 cm³/mol. The highest BCUT2D eigenvalue weighted by molar-refractivity contribution is 4.84.